The molecule has 0 fully saturated rings. The van der Waals surface area contributed by atoms with E-state index in [-0.39, 0.29) is 17.8 Å². The molecule has 4 N–H and O–H groups in total. The number of ether oxygens (including phenoxy) is 1. The van der Waals surface area contributed by atoms with E-state index in [2.05, 4.69) is 15.3 Å². The van der Waals surface area contributed by atoms with Crippen LogP contribution in [-0.4, -0.2) is 34.7 Å². The fourth-order valence-electron chi connectivity index (χ4n) is 3.19. The highest BCUT2D eigenvalue weighted by atomic mass is 35.5. The summed E-state index contributed by atoms with van der Waals surface area (Å²) in [4.78, 5) is 18.5. The molecule has 0 spiro atoms. The van der Waals surface area contributed by atoms with Crippen LogP contribution in [-0.2, 0) is 17.8 Å². The van der Waals surface area contributed by atoms with Crippen molar-refractivity contribution < 1.29 is 19.1 Å². The van der Waals surface area contributed by atoms with Crippen molar-refractivity contribution in [3.05, 3.63) is 58.6 Å². The summed E-state index contributed by atoms with van der Waals surface area (Å²) in [6, 6.07) is 11.7. The lowest BCUT2D eigenvalue weighted by Gasteiger charge is -2.08. The molecule has 0 radical (unpaired) electrons. The molecule has 1 atom stereocenters. The third-order valence-electron chi connectivity index (χ3n) is 4.48. The van der Waals surface area contributed by atoms with Gasteiger partial charge >= 0.3 is 0 Å². The number of nitrogens with zero attached hydrogens (tertiary/aromatic N) is 2. The second-order valence-corrected chi connectivity index (χ2v) is 8.31. The first kappa shape index (κ1) is 23.5. The number of benzene rings is 1. The lowest BCUT2D eigenvalue weighted by atomic mass is 10.0. The molecule has 1 aromatic carbocycles. The maximum atomic E-state index is 8.36. The second-order valence-electron chi connectivity index (χ2n) is 6.87. The predicted octanol–water partition coefficient (Wildman–Crippen LogP) is 4.82. The molecule has 10 heteroatoms. The summed E-state index contributed by atoms with van der Waals surface area (Å²) >= 11 is 7.92. The molecule has 0 saturated heterocycles. The summed E-state index contributed by atoms with van der Waals surface area (Å²) in [6.07, 6.45) is 2.38. The molecular formula is C22H23ClN4O4S. The zero-order chi connectivity index (χ0) is 23.1. The summed E-state index contributed by atoms with van der Waals surface area (Å²) < 4.78 is 11.6. The van der Waals surface area contributed by atoms with Crippen LogP contribution in [0.25, 0.3) is 21.3 Å². The number of furan rings is 1. The predicted molar refractivity (Wildman–Crippen MR) is 126 cm³/mol. The Morgan fingerprint density at radius 1 is 1.31 bits per heavy atom. The van der Waals surface area contributed by atoms with Gasteiger partial charge in [-0.1, -0.05) is 12.1 Å². The highest BCUT2D eigenvalue weighted by molar-refractivity contribution is 7.20. The van der Waals surface area contributed by atoms with E-state index in [0.717, 1.165) is 44.2 Å². The largest absolute Gasteiger partial charge is 0.497 e. The van der Waals surface area contributed by atoms with Crippen molar-refractivity contribution >= 4 is 45.4 Å². The van der Waals surface area contributed by atoms with Crippen LogP contribution >= 0.6 is 22.9 Å². The molecule has 0 amide bonds. The average molecular weight is 475 g/mol. The second kappa shape index (κ2) is 10.9. The Kier molecular flexibility index (Phi) is 8.04. The fourth-order valence-corrected chi connectivity index (χ4v) is 4.73. The van der Waals surface area contributed by atoms with Crippen molar-refractivity contribution in [1.29, 1.82) is 0 Å². The maximum Gasteiger partial charge on any atom is 0.290 e. The average Bonchev–Trinajstić information content (AvgIpc) is 3.40. The lowest BCUT2D eigenvalue weighted by molar-refractivity contribution is -0.122. The van der Waals surface area contributed by atoms with Crippen LogP contribution < -0.4 is 15.8 Å². The number of rotatable bonds is 7. The van der Waals surface area contributed by atoms with Crippen LogP contribution in [0, 0.1) is 0 Å². The van der Waals surface area contributed by atoms with Crippen molar-refractivity contribution in [2.45, 2.75) is 25.9 Å². The van der Waals surface area contributed by atoms with Gasteiger partial charge in [0.15, 0.2) is 0 Å². The van der Waals surface area contributed by atoms with Gasteiger partial charge in [0.25, 0.3) is 6.47 Å². The molecule has 0 bridgehead atoms. The number of carboxylic acid groups (broad SMARTS) is 1. The van der Waals surface area contributed by atoms with Crippen molar-refractivity contribution in [1.82, 2.24) is 9.97 Å². The minimum atomic E-state index is -0.250. The number of hydrogen-bond donors (Lipinski definition) is 3. The SMILES string of the molecule is COc1ccc(-c2c(C[C@H](C)N)sc3c(NCc4ccco4)nc(Cl)nc23)cc1.O=CO. The van der Waals surface area contributed by atoms with E-state index in [1.165, 1.54) is 0 Å². The Hall–Kier alpha value is -3.14. The quantitative estimate of drug-likeness (QED) is 0.257. The van der Waals surface area contributed by atoms with Crippen molar-refractivity contribution in [3.8, 4) is 16.9 Å². The van der Waals surface area contributed by atoms with Crippen molar-refractivity contribution in [2.75, 3.05) is 12.4 Å². The van der Waals surface area contributed by atoms with Crippen molar-refractivity contribution in [3.63, 3.8) is 0 Å². The third-order valence-corrected chi connectivity index (χ3v) is 5.85. The number of aromatic nitrogens is 2. The topological polar surface area (TPSA) is 124 Å². The number of nitrogens with two attached hydrogens (primary N) is 1. The van der Waals surface area contributed by atoms with E-state index in [1.807, 2.05) is 43.3 Å². The smallest absolute Gasteiger partial charge is 0.290 e. The Bertz CT molecular complexity index is 1160. The molecule has 3 heterocycles. The zero-order valence-corrected chi connectivity index (χ0v) is 19.1. The highest BCUT2D eigenvalue weighted by Gasteiger charge is 2.20. The molecule has 4 rings (SSSR count). The number of methoxy groups -OCH3 is 1. The summed E-state index contributed by atoms with van der Waals surface area (Å²) in [5.41, 5.74) is 9.02. The molecule has 3 aromatic heterocycles. The number of carbonyl (C=O) groups is 1. The van der Waals surface area contributed by atoms with Gasteiger partial charge < -0.3 is 25.3 Å². The third kappa shape index (κ3) is 5.56. The van der Waals surface area contributed by atoms with Crippen LogP contribution in [0.3, 0.4) is 0 Å². The van der Waals surface area contributed by atoms with Gasteiger partial charge in [-0.2, -0.15) is 4.98 Å². The molecule has 0 aliphatic heterocycles. The summed E-state index contributed by atoms with van der Waals surface area (Å²) in [7, 11) is 1.65. The van der Waals surface area contributed by atoms with Crippen LogP contribution in [0.4, 0.5) is 5.82 Å². The standard InChI is InChI=1S/C21H21ClN4O2S.CH2O2/c1-12(23)10-16-17(13-5-7-14(27-2)8-6-13)18-19(29-16)20(26-21(22)25-18)24-11-15-4-3-9-28-15;2-1-3/h3-9,12H,10-11,23H2,1-2H3,(H,24,25,26);1H,(H,2,3)/t12-;/m0./s1. The molecule has 0 unspecified atom stereocenters. The van der Waals surface area contributed by atoms with E-state index >= 15 is 0 Å². The van der Waals surface area contributed by atoms with Crippen molar-refractivity contribution in [2.24, 2.45) is 5.73 Å². The van der Waals surface area contributed by atoms with Gasteiger partial charge in [0, 0.05) is 16.5 Å². The Labute approximate surface area is 194 Å². The van der Waals surface area contributed by atoms with Gasteiger partial charge in [0.05, 0.1) is 30.1 Å². The number of anilines is 1. The number of thiophene rings is 1. The van der Waals surface area contributed by atoms with Gasteiger partial charge in [0.1, 0.15) is 17.3 Å². The van der Waals surface area contributed by atoms with E-state index in [0.29, 0.717) is 12.4 Å². The molecular weight excluding hydrogens is 452 g/mol. The van der Waals surface area contributed by atoms with Gasteiger partial charge in [0.2, 0.25) is 5.28 Å². The van der Waals surface area contributed by atoms with E-state index in [1.54, 1.807) is 24.7 Å². The van der Waals surface area contributed by atoms with Gasteiger partial charge in [-0.05, 0) is 54.8 Å². The molecule has 168 valence electrons. The van der Waals surface area contributed by atoms with Crippen LogP contribution in [0.1, 0.15) is 17.6 Å². The minimum Gasteiger partial charge on any atom is -0.497 e. The lowest BCUT2D eigenvalue weighted by Crippen LogP contribution is -2.17. The van der Waals surface area contributed by atoms with Crippen LogP contribution in [0.15, 0.2) is 47.1 Å². The number of nitrogens with one attached hydrogen (secondary N) is 1. The Balaban J connectivity index is 0.000000913. The normalized spacial score (nSPS) is 11.5. The molecule has 4 aromatic rings. The van der Waals surface area contributed by atoms with Gasteiger partial charge in [-0.3, -0.25) is 4.79 Å². The first-order valence-corrected chi connectivity index (χ1v) is 10.9. The molecule has 0 aliphatic carbocycles. The van der Waals surface area contributed by atoms with Crippen LogP contribution in [0.2, 0.25) is 5.28 Å². The van der Waals surface area contributed by atoms with Crippen LogP contribution in [0.5, 0.6) is 5.75 Å². The van der Waals surface area contributed by atoms with Gasteiger partial charge in [-0.15, -0.1) is 11.3 Å². The number of fused-ring (bicyclic) bond motifs is 1. The maximum absolute atomic E-state index is 8.36. The molecule has 0 saturated carbocycles. The Morgan fingerprint density at radius 2 is 2.03 bits per heavy atom. The minimum absolute atomic E-state index is 0.0167. The highest BCUT2D eigenvalue weighted by Crippen LogP contribution is 2.42. The van der Waals surface area contributed by atoms with Gasteiger partial charge in [-0.25, -0.2) is 4.98 Å². The van der Waals surface area contributed by atoms with E-state index in [4.69, 9.17) is 36.4 Å². The van der Waals surface area contributed by atoms with E-state index < -0.39 is 0 Å². The first-order valence-electron chi connectivity index (χ1n) is 9.69. The monoisotopic (exact) mass is 474 g/mol. The molecule has 0 aliphatic rings. The summed E-state index contributed by atoms with van der Waals surface area (Å²) in [6.45, 7) is 2.25. The number of halogens is 1. The zero-order valence-electron chi connectivity index (χ0n) is 17.5. The molecule has 8 nitrogen and oxygen atoms in total. The summed E-state index contributed by atoms with van der Waals surface area (Å²) in [5.74, 6) is 2.30. The summed E-state index contributed by atoms with van der Waals surface area (Å²) in [5, 5.41) is 10.4. The Morgan fingerprint density at radius 3 is 2.62 bits per heavy atom. The molecule has 32 heavy (non-hydrogen) atoms. The first-order chi connectivity index (χ1) is 15.5. The number of hydrogen-bond acceptors (Lipinski definition) is 8. The van der Waals surface area contributed by atoms with E-state index in [9.17, 15) is 0 Å². The fraction of sp³-hybridized carbons (Fsp3) is 0.227.